The normalized spacial score (nSPS) is 12.4. The van der Waals surface area contributed by atoms with Crippen LogP contribution in [0.5, 0.6) is 0 Å². The summed E-state index contributed by atoms with van der Waals surface area (Å²) in [4.78, 5) is 3.83. The minimum atomic E-state index is 0.319. The van der Waals surface area contributed by atoms with E-state index in [0.29, 0.717) is 5.92 Å². The number of aromatic nitrogens is 3. The lowest BCUT2D eigenvalue weighted by atomic mass is 10.1. The summed E-state index contributed by atoms with van der Waals surface area (Å²) in [6, 6.07) is 0. The van der Waals surface area contributed by atoms with E-state index in [-0.39, 0.29) is 0 Å². The zero-order chi connectivity index (χ0) is 8.10. The number of hydrogen-bond acceptors (Lipinski definition) is 2. The third kappa shape index (κ3) is 2.42. The molecule has 3 nitrogen and oxygen atoms in total. The molecule has 1 heterocycles. The highest BCUT2D eigenvalue weighted by Crippen LogP contribution is 2.00. The van der Waals surface area contributed by atoms with Gasteiger partial charge >= 0.3 is 0 Å². The Balaban J connectivity index is 2.30. The second-order valence-corrected chi connectivity index (χ2v) is 2.51. The minimum absolute atomic E-state index is 0.319. The smallest absolute Gasteiger partial charge is 0.137 e. The first-order valence-electron chi connectivity index (χ1n) is 3.61. The van der Waals surface area contributed by atoms with Gasteiger partial charge in [0.15, 0.2) is 0 Å². The number of nitrogens with zero attached hydrogens (tertiary/aromatic N) is 3. The molecule has 11 heavy (non-hydrogen) atoms. The molecule has 0 amide bonds. The third-order valence-corrected chi connectivity index (χ3v) is 1.54. The highest BCUT2D eigenvalue weighted by atomic mass is 15.3. The predicted molar refractivity (Wildman–Crippen MR) is 42.6 cm³/mol. The fourth-order valence-electron chi connectivity index (χ4n) is 0.757. The van der Waals surface area contributed by atoms with Gasteiger partial charge in [0.2, 0.25) is 0 Å². The van der Waals surface area contributed by atoms with Crippen molar-refractivity contribution in [1.82, 2.24) is 14.8 Å². The number of rotatable bonds is 3. The van der Waals surface area contributed by atoms with E-state index < -0.39 is 0 Å². The Morgan fingerprint density at radius 1 is 1.73 bits per heavy atom. The average molecular weight is 149 g/mol. The lowest BCUT2D eigenvalue weighted by molar-refractivity contribution is 0.524. The summed E-state index contributed by atoms with van der Waals surface area (Å²) in [6.45, 7) is 2.88. The molecule has 3 heteroatoms. The van der Waals surface area contributed by atoms with E-state index in [4.69, 9.17) is 6.42 Å². The van der Waals surface area contributed by atoms with Crippen molar-refractivity contribution in [3.05, 3.63) is 12.7 Å². The molecule has 0 aromatic carbocycles. The van der Waals surface area contributed by atoms with Crippen molar-refractivity contribution >= 4 is 0 Å². The minimum Gasteiger partial charge on any atom is -0.253 e. The highest BCUT2D eigenvalue weighted by Gasteiger charge is 1.96. The van der Waals surface area contributed by atoms with Crippen LogP contribution in [-0.2, 0) is 6.54 Å². The Hall–Kier alpha value is -1.30. The maximum atomic E-state index is 5.22. The molecule has 0 aliphatic rings. The van der Waals surface area contributed by atoms with Gasteiger partial charge in [-0.25, -0.2) is 4.98 Å². The van der Waals surface area contributed by atoms with Crippen LogP contribution in [0.1, 0.15) is 13.3 Å². The number of hydrogen-bond donors (Lipinski definition) is 0. The quantitative estimate of drug-likeness (QED) is 0.599. The summed E-state index contributed by atoms with van der Waals surface area (Å²) in [5.74, 6) is 2.98. The van der Waals surface area contributed by atoms with Gasteiger partial charge in [-0.3, -0.25) is 4.68 Å². The van der Waals surface area contributed by atoms with Gasteiger partial charge in [0.25, 0.3) is 0 Å². The van der Waals surface area contributed by atoms with Crippen LogP contribution in [0.2, 0.25) is 0 Å². The molecule has 0 radical (unpaired) electrons. The van der Waals surface area contributed by atoms with Gasteiger partial charge in [-0.05, 0) is 6.42 Å². The predicted octanol–water partition coefficient (Wildman–Crippen LogP) is 0.937. The molecule has 1 aromatic heterocycles. The summed E-state index contributed by atoms with van der Waals surface area (Å²) < 4.78 is 1.79. The molecule has 1 atom stereocenters. The van der Waals surface area contributed by atoms with Gasteiger partial charge < -0.3 is 0 Å². The molecule has 0 bridgehead atoms. The highest BCUT2D eigenvalue weighted by molar-refractivity contribution is 4.89. The van der Waals surface area contributed by atoms with E-state index in [0.717, 1.165) is 13.0 Å². The molecule has 1 rings (SSSR count). The van der Waals surface area contributed by atoms with E-state index >= 15 is 0 Å². The molecule has 1 aromatic rings. The van der Waals surface area contributed by atoms with Gasteiger partial charge in [-0.1, -0.05) is 6.92 Å². The van der Waals surface area contributed by atoms with Crippen LogP contribution < -0.4 is 0 Å². The van der Waals surface area contributed by atoms with Gasteiger partial charge in [0.1, 0.15) is 12.7 Å². The van der Waals surface area contributed by atoms with E-state index in [1.54, 1.807) is 11.0 Å². The van der Waals surface area contributed by atoms with Crippen molar-refractivity contribution < 1.29 is 0 Å². The van der Waals surface area contributed by atoms with Crippen LogP contribution in [0.3, 0.4) is 0 Å². The molecule has 1 unspecified atom stereocenters. The summed E-state index contributed by atoms with van der Waals surface area (Å²) >= 11 is 0. The van der Waals surface area contributed by atoms with Crippen molar-refractivity contribution in [1.29, 1.82) is 0 Å². The van der Waals surface area contributed by atoms with E-state index in [9.17, 15) is 0 Å². The topological polar surface area (TPSA) is 30.7 Å². The first-order valence-corrected chi connectivity index (χ1v) is 3.61. The number of terminal acetylenes is 1. The van der Waals surface area contributed by atoms with Crippen molar-refractivity contribution in [3.63, 3.8) is 0 Å². The summed E-state index contributed by atoms with van der Waals surface area (Å²) in [6.07, 6.45) is 9.40. The Bertz CT molecular complexity index is 232. The van der Waals surface area contributed by atoms with Crippen LogP contribution in [0.25, 0.3) is 0 Å². The molecular formula is C8H11N3. The standard InChI is InChI=1S/C8H11N3/c1-3-8(2)4-5-11-7-9-6-10-11/h1,6-8H,4-5H2,2H3. The second-order valence-electron chi connectivity index (χ2n) is 2.51. The summed E-state index contributed by atoms with van der Waals surface area (Å²) in [5, 5.41) is 3.96. The first-order chi connectivity index (χ1) is 5.33. The zero-order valence-electron chi connectivity index (χ0n) is 6.57. The van der Waals surface area contributed by atoms with Crippen molar-refractivity contribution in [2.75, 3.05) is 0 Å². The molecule has 0 spiro atoms. The summed E-state index contributed by atoms with van der Waals surface area (Å²) in [5.41, 5.74) is 0. The molecule has 58 valence electrons. The van der Waals surface area contributed by atoms with E-state index in [1.807, 2.05) is 6.92 Å². The molecular weight excluding hydrogens is 138 g/mol. The fraction of sp³-hybridized carbons (Fsp3) is 0.500. The van der Waals surface area contributed by atoms with Crippen LogP contribution in [0.4, 0.5) is 0 Å². The molecule has 0 saturated carbocycles. The lowest BCUT2D eigenvalue weighted by Crippen LogP contribution is -2.02. The maximum Gasteiger partial charge on any atom is 0.137 e. The van der Waals surface area contributed by atoms with Crippen molar-refractivity contribution in [2.45, 2.75) is 19.9 Å². The van der Waals surface area contributed by atoms with Crippen LogP contribution >= 0.6 is 0 Å². The monoisotopic (exact) mass is 149 g/mol. The van der Waals surface area contributed by atoms with Crippen LogP contribution in [0.15, 0.2) is 12.7 Å². The van der Waals surface area contributed by atoms with Crippen LogP contribution in [-0.4, -0.2) is 14.8 Å². The van der Waals surface area contributed by atoms with E-state index in [2.05, 4.69) is 16.0 Å². The Morgan fingerprint density at radius 2 is 2.55 bits per heavy atom. The van der Waals surface area contributed by atoms with Gasteiger partial charge in [-0.15, -0.1) is 12.3 Å². The molecule has 0 aliphatic carbocycles. The average Bonchev–Trinajstić information content (AvgIpc) is 2.52. The maximum absolute atomic E-state index is 5.22. The van der Waals surface area contributed by atoms with Crippen molar-refractivity contribution in [3.8, 4) is 12.3 Å². The largest absolute Gasteiger partial charge is 0.253 e. The third-order valence-electron chi connectivity index (χ3n) is 1.54. The van der Waals surface area contributed by atoms with Gasteiger partial charge in [0, 0.05) is 12.5 Å². The fourth-order valence-corrected chi connectivity index (χ4v) is 0.757. The molecule has 0 aliphatic heterocycles. The van der Waals surface area contributed by atoms with Gasteiger partial charge in [0.05, 0.1) is 0 Å². The number of aryl methyl sites for hydroxylation is 1. The zero-order valence-corrected chi connectivity index (χ0v) is 6.57. The van der Waals surface area contributed by atoms with E-state index in [1.165, 1.54) is 6.33 Å². The Labute approximate surface area is 66.4 Å². The summed E-state index contributed by atoms with van der Waals surface area (Å²) in [7, 11) is 0. The van der Waals surface area contributed by atoms with Crippen molar-refractivity contribution in [2.24, 2.45) is 5.92 Å². The second kappa shape index (κ2) is 3.77. The van der Waals surface area contributed by atoms with Gasteiger partial charge in [-0.2, -0.15) is 5.10 Å². The molecule has 0 fully saturated rings. The lowest BCUT2D eigenvalue weighted by Gasteiger charge is -2.02. The molecule has 0 saturated heterocycles. The molecule has 0 N–H and O–H groups in total. The Kier molecular flexibility index (Phi) is 2.67. The SMILES string of the molecule is C#CC(C)CCn1cncn1. The first kappa shape index (κ1) is 7.80. The Morgan fingerprint density at radius 3 is 3.09 bits per heavy atom. The van der Waals surface area contributed by atoms with Crippen LogP contribution in [0, 0.1) is 18.3 Å².